The molecule has 178 valence electrons. The molecule has 0 saturated carbocycles. The van der Waals surface area contributed by atoms with Crippen molar-refractivity contribution >= 4 is 51.5 Å². The number of rotatable bonds is 5. The summed E-state index contributed by atoms with van der Waals surface area (Å²) < 4.78 is 0. The lowest BCUT2D eigenvalue weighted by Crippen LogP contribution is -2.49. The van der Waals surface area contributed by atoms with E-state index in [9.17, 15) is 4.79 Å². The fourth-order valence-corrected chi connectivity index (χ4v) is 5.07. The molecule has 1 amide bonds. The zero-order valence-corrected chi connectivity index (χ0v) is 20.9. The molecule has 3 aromatic rings. The third-order valence-corrected chi connectivity index (χ3v) is 6.98. The second-order valence-electron chi connectivity index (χ2n) is 8.65. The van der Waals surface area contributed by atoms with Crippen LogP contribution in [0, 0.1) is 5.92 Å². The molecule has 2 atom stereocenters. The van der Waals surface area contributed by atoms with Gasteiger partial charge in [-0.25, -0.2) is 0 Å². The van der Waals surface area contributed by atoms with Crippen molar-refractivity contribution in [2.75, 3.05) is 13.6 Å². The van der Waals surface area contributed by atoms with Gasteiger partial charge in [-0.05, 0) is 54.4 Å². The van der Waals surface area contributed by atoms with Gasteiger partial charge in [0.1, 0.15) is 0 Å². The number of nitrogens with zero attached hydrogens (tertiary/aromatic N) is 2. The number of halogens is 1. The van der Waals surface area contributed by atoms with Crippen LogP contribution >= 0.6 is 23.8 Å². The maximum absolute atomic E-state index is 13.4. The van der Waals surface area contributed by atoms with Gasteiger partial charge in [0, 0.05) is 47.3 Å². The highest BCUT2D eigenvalue weighted by Crippen LogP contribution is 2.34. The van der Waals surface area contributed by atoms with Crippen LogP contribution in [-0.2, 0) is 11.2 Å². The van der Waals surface area contributed by atoms with Gasteiger partial charge in [0.2, 0.25) is 6.17 Å². The molecule has 2 aliphatic rings. The smallest absolute Gasteiger partial charge is 0.271 e. The van der Waals surface area contributed by atoms with Gasteiger partial charge >= 0.3 is 0 Å². The summed E-state index contributed by atoms with van der Waals surface area (Å²) in [4.78, 5) is 23.2. The number of benzene rings is 2. The molecule has 1 aliphatic carbocycles. The minimum absolute atomic E-state index is 0.112. The molecule has 0 radical (unpaired) electrons. The molecule has 0 spiro atoms. The number of allylic oxidation sites excluding steroid dienone is 4. The lowest BCUT2D eigenvalue weighted by molar-refractivity contribution is -0.129. The molecular formula is C27H26ClN5OS. The van der Waals surface area contributed by atoms with Crippen LogP contribution in [0.3, 0.4) is 0 Å². The number of carbonyl (C=O) groups excluding carboxylic acids is 1. The normalized spacial score (nSPS) is 19.9. The summed E-state index contributed by atoms with van der Waals surface area (Å²) in [7, 11) is 1.78. The van der Waals surface area contributed by atoms with Crippen molar-refractivity contribution in [3.05, 3.63) is 94.8 Å². The molecular weight excluding hydrogens is 478 g/mol. The van der Waals surface area contributed by atoms with E-state index in [4.69, 9.17) is 28.8 Å². The van der Waals surface area contributed by atoms with Gasteiger partial charge in [0.05, 0.1) is 5.71 Å². The molecule has 0 saturated heterocycles. The predicted molar refractivity (Wildman–Crippen MR) is 145 cm³/mol. The van der Waals surface area contributed by atoms with Crippen LogP contribution in [0.1, 0.15) is 17.5 Å². The highest BCUT2D eigenvalue weighted by molar-refractivity contribution is 7.80. The molecule has 6 nitrogen and oxygen atoms in total. The number of para-hydroxylation sites is 1. The summed E-state index contributed by atoms with van der Waals surface area (Å²) >= 11 is 11.9. The van der Waals surface area contributed by atoms with Crippen LogP contribution < -0.4 is 10.6 Å². The van der Waals surface area contributed by atoms with Crippen LogP contribution in [0.5, 0.6) is 0 Å². The van der Waals surface area contributed by atoms with E-state index in [2.05, 4.69) is 27.8 Å². The summed E-state index contributed by atoms with van der Waals surface area (Å²) in [5, 5.41) is 8.70. The molecule has 3 N–H and O–H groups in total. The van der Waals surface area contributed by atoms with Gasteiger partial charge in [-0.2, -0.15) is 0 Å². The monoisotopic (exact) mass is 503 g/mol. The number of amides is 1. The van der Waals surface area contributed by atoms with Crippen molar-refractivity contribution in [3.63, 3.8) is 0 Å². The van der Waals surface area contributed by atoms with E-state index in [-0.39, 0.29) is 11.8 Å². The van der Waals surface area contributed by atoms with Crippen LogP contribution in [0.25, 0.3) is 10.9 Å². The van der Waals surface area contributed by atoms with Crippen molar-refractivity contribution in [2.45, 2.75) is 19.0 Å². The molecule has 0 fully saturated rings. The molecule has 2 aromatic carbocycles. The quantitative estimate of drug-likeness (QED) is 0.449. The van der Waals surface area contributed by atoms with Gasteiger partial charge < -0.3 is 20.5 Å². The summed E-state index contributed by atoms with van der Waals surface area (Å²) in [5.41, 5.74) is 4.99. The average Bonchev–Trinajstić information content (AvgIpc) is 3.25. The zero-order chi connectivity index (χ0) is 24.4. The van der Waals surface area contributed by atoms with Gasteiger partial charge in [-0.1, -0.05) is 60.1 Å². The molecule has 1 aliphatic heterocycles. The fourth-order valence-electron chi connectivity index (χ4n) is 4.64. The first-order valence-electron chi connectivity index (χ1n) is 11.6. The Morgan fingerprint density at radius 2 is 1.94 bits per heavy atom. The maximum Gasteiger partial charge on any atom is 0.271 e. The fraction of sp³-hybridized carbons (Fsp3) is 0.222. The van der Waals surface area contributed by atoms with E-state index >= 15 is 0 Å². The summed E-state index contributed by atoms with van der Waals surface area (Å²) in [6, 6.07) is 18.1. The van der Waals surface area contributed by atoms with E-state index in [0.29, 0.717) is 18.1 Å². The lowest BCUT2D eigenvalue weighted by atomic mass is 9.87. The van der Waals surface area contributed by atoms with Crippen LogP contribution in [0.2, 0.25) is 0 Å². The summed E-state index contributed by atoms with van der Waals surface area (Å²) in [5.74, 6) is -0.279. The minimum Gasteiger partial charge on any atom is -0.362 e. The number of thiocarbonyl (C=S) groups is 1. The lowest BCUT2D eigenvalue weighted by Gasteiger charge is -2.28. The first-order valence-corrected chi connectivity index (χ1v) is 12.4. The average molecular weight is 504 g/mol. The Kier molecular flexibility index (Phi) is 6.70. The van der Waals surface area contributed by atoms with E-state index in [1.54, 1.807) is 11.9 Å². The molecule has 35 heavy (non-hydrogen) atoms. The number of hydrogen-bond acceptors (Lipinski definition) is 3. The van der Waals surface area contributed by atoms with Gasteiger partial charge in [0.15, 0.2) is 5.11 Å². The van der Waals surface area contributed by atoms with Crippen molar-refractivity contribution in [2.24, 2.45) is 10.9 Å². The molecule has 2 heterocycles. The molecule has 5 rings (SSSR count). The second kappa shape index (κ2) is 10.1. The zero-order valence-electron chi connectivity index (χ0n) is 19.3. The van der Waals surface area contributed by atoms with Crippen LogP contribution in [-0.4, -0.2) is 46.4 Å². The number of aliphatic imine (C=N–C) groups is 1. The number of aromatic nitrogens is 1. The Bertz CT molecular complexity index is 1360. The van der Waals surface area contributed by atoms with E-state index < -0.39 is 6.17 Å². The minimum atomic E-state index is -0.839. The van der Waals surface area contributed by atoms with Crippen molar-refractivity contribution in [1.29, 1.82) is 0 Å². The number of carbonyl (C=O) groups is 1. The molecule has 1 aromatic heterocycles. The highest BCUT2D eigenvalue weighted by atomic mass is 35.5. The topological polar surface area (TPSA) is 72.5 Å². The maximum atomic E-state index is 13.4. The predicted octanol–water partition coefficient (Wildman–Crippen LogP) is 4.49. The SMILES string of the molecule is CN1C(=O)C(NC(=S)NCCc2c[nH]c3ccccc23)N=C(c2ccccc2)C2CC(Cl)=CC=C21. The molecule has 8 heteroatoms. The Morgan fingerprint density at radius 1 is 1.17 bits per heavy atom. The third-order valence-electron chi connectivity index (χ3n) is 6.43. The first kappa shape index (κ1) is 23.3. The van der Waals surface area contributed by atoms with Gasteiger partial charge in [0.25, 0.3) is 5.91 Å². The van der Waals surface area contributed by atoms with E-state index in [1.807, 2.05) is 60.8 Å². The number of fused-ring (bicyclic) bond motifs is 2. The number of hydrogen-bond donors (Lipinski definition) is 3. The number of H-pyrrole nitrogens is 1. The first-order chi connectivity index (χ1) is 17.0. The van der Waals surface area contributed by atoms with Gasteiger partial charge in [-0.3, -0.25) is 9.79 Å². The van der Waals surface area contributed by atoms with E-state index in [1.165, 1.54) is 10.9 Å². The summed E-state index contributed by atoms with van der Waals surface area (Å²) in [6.07, 6.45) is 6.34. The Labute approximate surface area is 214 Å². The molecule has 0 bridgehead atoms. The second-order valence-corrected chi connectivity index (χ2v) is 9.55. The Morgan fingerprint density at radius 3 is 2.77 bits per heavy atom. The number of likely N-dealkylation sites (N-methyl/N-ethyl adjacent to an activating group) is 1. The van der Waals surface area contributed by atoms with Crippen molar-refractivity contribution in [1.82, 2.24) is 20.5 Å². The molecule has 2 unspecified atom stereocenters. The van der Waals surface area contributed by atoms with Crippen molar-refractivity contribution in [3.8, 4) is 0 Å². The number of nitrogens with one attached hydrogen (secondary N) is 3. The number of aromatic amines is 1. The van der Waals surface area contributed by atoms with Gasteiger partial charge in [-0.15, -0.1) is 0 Å². The largest absolute Gasteiger partial charge is 0.362 e. The van der Waals surface area contributed by atoms with E-state index in [0.717, 1.165) is 33.9 Å². The Hall–Kier alpha value is -3.42. The Balaban J connectivity index is 1.33. The van der Waals surface area contributed by atoms with Crippen LogP contribution in [0.15, 0.2) is 88.7 Å². The van der Waals surface area contributed by atoms with Crippen LogP contribution in [0.4, 0.5) is 0 Å². The third kappa shape index (κ3) is 4.88. The summed E-state index contributed by atoms with van der Waals surface area (Å²) in [6.45, 7) is 0.632. The highest BCUT2D eigenvalue weighted by Gasteiger charge is 2.36. The van der Waals surface area contributed by atoms with Crippen molar-refractivity contribution < 1.29 is 4.79 Å². The standard InChI is InChI=1S/C27H26ClN5OS/c1-33-23-12-11-19(28)15-21(23)24(17-7-3-2-4-8-17)31-25(26(33)34)32-27(35)29-14-13-18-16-30-22-10-6-5-9-20(18)22/h2-12,16,21,25,30H,13-15H2,1H3,(H2,29,32,35).